The summed E-state index contributed by atoms with van der Waals surface area (Å²) in [6.07, 6.45) is 1.57. The third kappa shape index (κ3) is 2.87. The van der Waals surface area contributed by atoms with Crippen LogP contribution in [0.4, 0.5) is 11.4 Å². The lowest BCUT2D eigenvalue weighted by molar-refractivity contribution is -0.384. The molecule has 0 amide bonds. The van der Waals surface area contributed by atoms with Crippen LogP contribution in [-0.2, 0) is 6.54 Å². The van der Waals surface area contributed by atoms with E-state index >= 15 is 0 Å². The number of aryl methyl sites for hydroxylation is 1. The molecule has 19 heavy (non-hydrogen) atoms. The van der Waals surface area contributed by atoms with Gasteiger partial charge in [0.1, 0.15) is 11.4 Å². The molecule has 2 rings (SSSR count). The quantitative estimate of drug-likeness (QED) is 0.666. The highest BCUT2D eigenvalue weighted by atomic mass is 16.6. The average molecular weight is 258 g/mol. The first-order valence-electron chi connectivity index (χ1n) is 5.44. The van der Waals surface area contributed by atoms with Crippen molar-refractivity contribution < 1.29 is 9.34 Å². The largest absolute Gasteiger partial charge is 0.444 e. The topological polar surface area (TPSA) is 105 Å². The van der Waals surface area contributed by atoms with Crippen LogP contribution < -0.4 is 5.32 Å². The van der Waals surface area contributed by atoms with Crippen molar-refractivity contribution in [1.82, 2.24) is 4.98 Å². The van der Waals surface area contributed by atoms with E-state index in [0.717, 1.165) is 0 Å². The van der Waals surface area contributed by atoms with Crippen molar-refractivity contribution in [2.24, 2.45) is 0 Å². The van der Waals surface area contributed by atoms with Crippen molar-refractivity contribution in [3.8, 4) is 6.07 Å². The second kappa shape index (κ2) is 5.18. The predicted molar refractivity (Wildman–Crippen MR) is 66.4 cm³/mol. The van der Waals surface area contributed by atoms with Crippen LogP contribution in [0.25, 0.3) is 0 Å². The Hall–Kier alpha value is -2.88. The minimum absolute atomic E-state index is 0.0951. The van der Waals surface area contributed by atoms with Crippen LogP contribution in [0.2, 0.25) is 0 Å². The Kier molecular flexibility index (Phi) is 3.43. The van der Waals surface area contributed by atoms with Gasteiger partial charge < -0.3 is 9.73 Å². The Bertz CT molecular complexity index is 657. The predicted octanol–water partition coefficient (Wildman–Crippen LogP) is 2.38. The van der Waals surface area contributed by atoms with Crippen LogP contribution in [0.5, 0.6) is 0 Å². The highest BCUT2D eigenvalue weighted by Crippen LogP contribution is 2.25. The molecule has 0 saturated heterocycles. The summed E-state index contributed by atoms with van der Waals surface area (Å²) in [7, 11) is 0. The van der Waals surface area contributed by atoms with Gasteiger partial charge in [0.05, 0.1) is 29.3 Å². The third-order valence-corrected chi connectivity index (χ3v) is 2.42. The first kappa shape index (κ1) is 12.6. The molecule has 2 aromatic rings. The van der Waals surface area contributed by atoms with E-state index in [0.29, 0.717) is 17.2 Å². The van der Waals surface area contributed by atoms with E-state index in [1.165, 1.54) is 18.2 Å². The smallest absolute Gasteiger partial charge is 0.292 e. The number of rotatable bonds is 4. The van der Waals surface area contributed by atoms with Gasteiger partial charge in [-0.1, -0.05) is 0 Å². The molecule has 7 nitrogen and oxygen atoms in total. The molecule has 0 spiro atoms. The van der Waals surface area contributed by atoms with Crippen molar-refractivity contribution in [2.75, 3.05) is 5.32 Å². The molecular weight excluding hydrogens is 248 g/mol. The fourth-order valence-electron chi connectivity index (χ4n) is 1.56. The maximum Gasteiger partial charge on any atom is 0.292 e. The van der Waals surface area contributed by atoms with Gasteiger partial charge in [-0.15, -0.1) is 0 Å². The van der Waals surface area contributed by atoms with E-state index in [1.807, 2.05) is 6.07 Å². The number of oxazole rings is 1. The molecule has 1 aromatic carbocycles. The number of anilines is 1. The zero-order valence-corrected chi connectivity index (χ0v) is 10.1. The van der Waals surface area contributed by atoms with Crippen LogP contribution in [0.15, 0.2) is 28.8 Å². The number of nitro benzene ring substituents is 1. The molecule has 0 fully saturated rings. The highest BCUT2D eigenvalue weighted by molar-refractivity contribution is 5.64. The number of nitro groups is 1. The Morgan fingerprint density at radius 2 is 2.37 bits per heavy atom. The molecule has 0 aliphatic carbocycles. The molecule has 1 N–H and O–H groups in total. The molecule has 0 bridgehead atoms. The van der Waals surface area contributed by atoms with Gasteiger partial charge in [-0.2, -0.15) is 5.26 Å². The van der Waals surface area contributed by atoms with Crippen molar-refractivity contribution in [2.45, 2.75) is 13.5 Å². The second-order valence-corrected chi connectivity index (χ2v) is 3.82. The zero-order chi connectivity index (χ0) is 13.8. The fraction of sp³-hybridized carbons (Fsp3) is 0.167. The molecule has 0 aliphatic heterocycles. The first-order chi connectivity index (χ1) is 9.10. The summed E-state index contributed by atoms with van der Waals surface area (Å²) in [5.41, 5.74) is 0.513. The van der Waals surface area contributed by atoms with Crippen LogP contribution in [0.1, 0.15) is 17.2 Å². The molecule has 0 atom stereocenters. The number of benzene rings is 1. The SMILES string of the molecule is Cc1cnc(CNc2cc(C#N)ccc2[N+](=O)[O-])o1. The molecule has 1 heterocycles. The van der Waals surface area contributed by atoms with E-state index in [2.05, 4.69) is 10.3 Å². The Labute approximate surface area is 108 Å². The van der Waals surface area contributed by atoms with E-state index in [-0.39, 0.29) is 17.9 Å². The standard InChI is InChI=1S/C12H10N4O3/c1-8-6-15-12(19-8)7-14-10-4-9(5-13)2-3-11(10)16(17)18/h2-4,6,14H,7H2,1H3. The summed E-state index contributed by atoms with van der Waals surface area (Å²) in [6.45, 7) is 1.97. The molecule has 0 aliphatic rings. The van der Waals surface area contributed by atoms with Gasteiger partial charge >= 0.3 is 0 Å². The van der Waals surface area contributed by atoms with Gasteiger partial charge in [0.25, 0.3) is 5.69 Å². The maximum atomic E-state index is 10.9. The number of hydrogen-bond donors (Lipinski definition) is 1. The monoisotopic (exact) mass is 258 g/mol. The minimum atomic E-state index is -0.510. The number of nitrogens with zero attached hydrogens (tertiary/aromatic N) is 3. The van der Waals surface area contributed by atoms with E-state index in [9.17, 15) is 10.1 Å². The fourth-order valence-corrected chi connectivity index (χ4v) is 1.56. The lowest BCUT2D eigenvalue weighted by atomic mass is 10.2. The van der Waals surface area contributed by atoms with Crippen molar-refractivity contribution in [3.05, 3.63) is 51.7 Å². The van der Waals surface area contributed by atoms with Crippen LogP contribution in [-0.4, -0.2) is 9.91 Å². The van der Waals surface area contributed by atoms with Crippen molar-refractivity contribution in [3.63, 3.8) is 0 Å². The minimum Gasteiger partial charge on any atom is -0.444 e. The van der Waals surface area contributed by atoms with Crippen molar-refractivity contribution >= 4 is 11.4 Å². The molecule has 1 aromatic heterocycles. The summed E-state index contributed by atoms with van der Waals surface area (Å²) < 4.78 is 5.25. The van der Waals surface area contributed by atoms with Gasteiger partial charge in [-0.25, -0.2) is 4.98 Å². The van der Waals surface area contributed by atoms with E-state index in [4.69, 9.17) is 9.68 Å². The van der Waals surface area contributed by atoms with Crippen LogP contribution in [0.3, 0.4) is 0 Å². The summed E-state index contributed by atoms with van der Waals surface area (Å²) in [5.74, 6) is 1.09. The number of aromatic nitrogens is 1. The van der Waals surface area contributed by atoms with Gasteiger partial charge in [0.2, 0.25) is 5.89 Å². The van der Waals surface area contributed by atoms with Crippen molar-refractivity contribution in [1.29, 1.82) is 5.26 Å². The van der Waals surface area contributed by atoms with Crippen LogP contribution in [0, 0.1) is 28.4 Å². The number of hydrogen-bond acceptors (Lipinski definition) is 6. The molecular formula is C12H10N4O3. The Morgan fingerprint density at radius 3 is 2.95 bits per heavy atom. The van der Waals surface area contributed by atoms with Gasteiger partial charge in [-0.05, 0) is 19.1 Å². The normalized spacial score (nSPS) is 9.89. The van der Waals surface area contributed by atoms with Gasteiger partial charge in [-0.3, -0.25) is 10.1 Å². The molecule has 7 heteroatoms. The van der Waals surface area contributed by atoms with E-state index < -0.39 is 4.92 Å². The summed E-state index contributed by atoms with van der Waals surface area (Å²) >= 11 is 0. The summed E-state index contributed by atoms with van der Waals surface area (Å²) in [4.78, 5) is 14.4. The Balaban J connectivity index is 2.22. The lowest BCUT2D eigenvalue weighted by Crippen LogP contribution is -2.03. The number of nitriles is 1. The zero-order valence-electron chi connectivity index (χ0n) is 10.1. The first-order valence-corrected chi connectivity index (χ1v) is 5.44. The average Bonchev–Trinajstić information content (AvgIpc) is 2.81. The lowest BCUT2D eigenvalue weighted by Gasteiger charge is -2.05. The van der Waals surface area contributed by atoms with E-state index in [1.54, 1.807) is 13.1 Å². The third-order valence-electron chi connectivity index (χ3n) is 2.42. The highest BCUT2D eigenvalue weighted by Gasteiger charge is 2.14. The van der Waals surface area contributed by atoms with Gasteiger partial charge in [0.15, 0.2) is 0 Å². The number of nitrogens with one attached hydrogen (secondary N) is 1. The maximum absolute atomic E-state index is 10.9. The molecule has 0 saturated carbocycles. The Morgan fingerprint density at radius 1 is 1.58 bits per heavy atom. The summed E-state index contributed by atoms with van der Waals surface area (Å²) in [6, 6.07) is 6.05. The molecule has 96 valence electrons. The van der Waals surface area contributed by atoms with Gasteiger partial charge in [0, 0.05) is 6.07 Å². The molecule has 0 unspecified atom stereocenters. The summed E-state index contributed by atoms with van der Waals surface area (Å²) in [5, 5.41) is 22.5. The molecule has 0 radical (unpaired) electrons. The second-order valence-electron chi connectivity index (χ2n) is 3.82. The van der Waals surface area contributed by atoms with Crippen LogP contribution >= 0.6 is 0 Å².